The van der Waals surface area contributed by atoms with E-state index in [9.17, 15) is 0 Å². The summed E-state index contributed by atoms with van der Waals surface area (Å²) in [7, 11) is 0. The van der Waals surface area contributed by atoms with Crippen LogP contribution >= 0.6 is 0 Å². The van der Waals surface area contributed by atoms with Crippen molar-refractivity contribution >= 4 is 11.5 Å². The van der Waals surface area contributed by atoms with E-state index in [1.807, 2.05) is 13.8 Å². The number of aromatic nitrogens is 2. The highest BCUT2D eigenvalue weighted by molar-refractivity contribution is 5.66. The molecule has 0 radical (unpaired) electrons. The molecular weight excluding hydrogens is 232 g/mol. The van der Waals surface area contributed by atoms with Gasteiger partial charge >= 0.3 is 0 Å². The van der Waals surface area contributed by atoms with Crippen molar-refractivity contribution in [3.8, 4) is 5.88 Å². The van der Waals surface area contributed by atoms with E-state index in [1.54, 1.807) is 6.92 Å². The third-order valence-electron chi connectivity index (χ3n) is 2.29. The Bertz CT molecular complexity index is 369. The van der Waals surface area contributed by atoms with Crippen LogP contribution in [0, 0.1) is 0 Å². The van der Waals surface area contributed by atoms with Crippen molar-refractivity contribution in [3.05, 3.63) is 6.33 Å². The van der Waals surface area contributed by atoms with Gasteiger partial charge in [-0.1, -0.05) is 0 Å². The van der Waals surface area contributed by atoms with Crippen LogP contribution in [0.1, 0.15) is 33.6 Å². The Morgan fingerprint density at radius 2 is 2.11 bits per heavy atom. The molecule has 0 aromatic carbocycles. The molecule has 1 aromatic rings. The summed E-state index contributed by atoms with van der Waals surface area (Å²) in [6.07, 6.45) is 2.75. The van der Waals surface area contributed by atoms with Crippen molar-refractivity contribution in [3.63, 3.8) is 0 Å². The van der Waals surface area contributed by atoms with Gasteiger partial charge in [0.1, 0.15) is 12.0 Å². The van der Waals surface area contributed by atoms with Gasteiger partial charge in [0.25, 0.3) is 0 Å². The van der Waals surface area contributed by atoms with E-state index >= 15 is 0 Å². The summed E-state index contributed by atoms with van der Waals surface area (Å²) in [4.78, 5) is 8.07. The Morgan fingerprint density at radius 1 is 1.39 bits per heavy atom. The van der Waals surface area contributed by atoms with E-state index in [0.717, 1.165) is 12.8 Å². The van der Waals surface area contributed by atoms with Gasteiger partial charge in [-0.15, -0.1) is 0 Å². The van der Waals surface area contributed by atoms with Crippen LogP contribution in [0.5, 0.6) is 5.88 Å². The van der Waals surface area contributed by atoms with Gasteiger partial charge in [-0.2, -0.15) is 4.98 Å². The number of hydrogen-bond donors (Lipinski definition) is 3. The molecule has 1 atom stereocenters. The van der Waals surface area contributed by atoms with Crippen molar-refractivity contribution in [2.45, 2.75) is 45.8 Å². The normalized spacial score (nSPS) is 12.5. The molecule has 0 fully saturated rings. The summed E-state index contributed by atoms with van der Waals surface area (Å²) >= 11 is 0. The first-order chi connectivity index (χ1) is 8.50. The third kappa shape index (κ3) is 4.75. The average molecular weight is 254 g/mol. The van der Waals surface area contributed by atoms with Crippen LogP contribution < -0.4 is 15.8 Å². The predicted molar refractivity (Wildman–Crippen MR) is 71.6 cm³/mol. The van der Waals surface area contributed by atoms with E-state index in [4.69, 9.17) is 15.6 Å². The number of nitrogens with two attached hydrogens (primary N) is 1. The maximum atomic E-state index is 9.15. The minimum atomic E-state index is -0.283. The van der Waals surface area contributed by atoms with Crippen LogP contribution in [0.3, 0.4) is 0 Å². The molecule has 0 aliphatic carbocycles. The number of nitrogens with zero attached hydrogens (tertiary/aromatic N) is 2. The molecule has 4 N–H and O–H groups in total. The SMILES string of the molecule is CC(O)CCCNc1ncnc(OC(C)C)c1N. The minimum absolute atomic E-state index is 0.0188. The zero-order valence-corrected chi connectivity index (χ0v) is 11.2. The molecule has 6 nitrogen and oxygen atoms in total. The highest BCUT2D eigenvalue weighted by Gasteiger charge is 2.10. The number of nitrogen functional groups attached to an aromatic ring is 1. The zero-order valence-electron chi connectivity index (χ0n) is 11.2. The molecule has 0 saturated heterocycles. The van der Waals surface area contributed by atoms with Gasteiger partial charge in [-0.3, -0.25) is 0 Å². The lowest BCUT2D eigenvalue weighted by molar-refractivity contribution is 0.183. The molecule has 18 heavy (non-hydrogen) atoms. The lowest BCUT2D eigenvalue weighted by Crippen LogP contribution is -2.13. The molecule has 1 aromatic heterocycles. The fourth-order valence-electron chi connectivity index (χ4n) is 1.44. The van der Waals surface area contributed by atoms with Gasteiger partial charge in [-0.25, -0.2) is 4.98 Å². The first-order valence-electron chi connectivity index (χ1n) is 6.19. The number of anilines is 2. The third-order valence-corrected chi connectivity index (χ3v) is 2.29. The number of rotatable bonds is 7. The summed E-state index contributed by atoms with van der Waals surface area (Å²) < 4.78 is 5.47. The molecule has 0 aliphatic heterocycles. The largest absolute Gasteiger partial charge is 0.473 e. The highest BCUT2D eigenvalue weighted by Crippen LogP contribution is 2.25. The van der Waals surface area contributed by atoms with E-state index in [-0.39, 0.29) is 12.2 Å². The van der Waals surface area contributed by atoms with Crippen molar-refractivity contribution < 1.29 is 9.84 Å². The van der Waals surface area contributed by atoms with Crippen molar-refractivity contribution in [1.82, 2.24) is 9.97 Å². The molecule has 0 saturated carbocycles. The molecule has 1 rings (SSSR count). The lowest BCUT2D eigenvalue weighted by Gasteiger charge is -2.13. The Balaban J connectivity index is 2.55. The molecule has 0 amide bonds. The van der Waals surface area contributed by atoms with Gasteiger partial charge in [0.2, 0.25) is 5.88 Å². The van der Waals surface area contributed by atoms with Gasteiger partial charge in [0, 0.05) is 6.54 Å². The standard InChI is InChI=1S/C12H22N4O2/c1-8(2)18-12-10(13)11(15-7-16-12)14-6-4-5-9(3)17/h7-9,17H,4-6,13H2,1-3H3,(H,14,15,16). The van der Waals surface area contributed by atoms with Crippen LogP contribution in [0.2, 0.25) is 0 Å². The molecule has 6 heteroatoms. The minimum Gasteiger partial charge on any atom is -0.473 e. The topological polar surface area (TPSA) is 93.3 Å². The van der Waals surface area contributed by atoms with Crippen LogP contribution in [0.4, 0.5) is 11.5 Å². The van der Waals surface area contributed by atoms with Crippen LogP contribution in [-0.2, 0) is 0 Å². The first-order valence-corrected chi connectivity index (χ1v) is 6.19. The van der Waals surface area contributed by atoms with Crippen molar-refractivity contribution in [1.29, 1.82) is 0 Å². The second kappa shape index (κ2) is 7.00. The van der Waals surface area contributed by atoms with E-state index in [1.165, 1.54) is 6.33 Å². The molecular formula is C12H22N4O2. The number of ether oxygens (including phenoxy) is 1. The molecule has 1 heterocycles. The number of hydrogen-bond acceptors (Lipinski definition) is 6. The van der Waals surface area contributed by atoms with E-state index in [0.29, 0.717) is 23.9 Å². The Kier molecular flexibility index (Phi) is 5.64. The fraction of sp³-hybridized carbons (Fsp3) is 0.667. The monoisotopic (exact) mass is 254 g/mol. The molecule has 0 bridgehead atoms. The van der Waals surface area contributed by atoms with Gasteiger partial charge in [-0.05, 0) is 33.6 Å². The summed E-state index contributed by atoms with van der Waals surface area (Å²) in [5, 5.41) is 12.3. The zero-order chi connectivity index (χ0) is 13.5. The van der Waals surface area contributed by atoms with Crippen LogP contribution in [-0.4, -0.2) is 33.8 Å². The van der Waals surface area contributed by atoms with Crippen LogP contribution in [0.25, 0.3) is 0 Å². The van der Waals surface area contributed by atoms with E-state index < -0.39 is 0 Å². The van der Waals surface area contributed by atoms with E-state index in [2.05, 4.69) is 15.3 Å². The number of nitrogens with one attached hydrogen (secondary N) is 1. The molecule has 102 valence electrons. The summed E-state index contributed by atoms with van der Waals surface area (Å²) in [5.74, 6) is 0.976. The lowest BCUT2D eigenvalue weighted by atomic mass is 10.2. The van der Waals surface area contributed by atoms with Crippen molar-refractivity contribution in [2.24, 2.45) is 0 Å². The highest BCUT2D eigenvalue weighted by atomic mass is 16.5. The maximum Gasteiger partial charge on any atom is 0.242 e. The summed E-state index contributed by atoms with van der Waals surface area (Å²) in [5.41, 5.74) is 6.33. The molecule has 1 unspecified atom stereocenters. The molecule has 0 spiro atoms. The van der Waals surface area contributed by atoms with Gasteiger partial charge in [0.05, 0.1) is 12.2 Å². The number of aliphatic hydroxyl groups is 1. The van der Waals surface area contributed by atoms with Crippen LogP contribution in [0.15, 0.2) is 6.33 Å². The Morgan fingerprint density at radius 3 is 2.72 bits per heavy atom. The first kappa shape index (κ1) is 14.5. The van der Waals surface area contributed by atoms with Crippen molar-refractivity contribution in [2.75, 3.05) is 17.6 Å². The summed E-state index contributed by atoms with van der Waals surface area (Å²) in [6, 6.07) is 0. The van der Waals surface area contributed by atoms with Gasteiger partial charge < -0.3 is 20.9 Å². The Labute approximate surface area is 108 Å². The van der Waals surface area contributed by atoms with Gasteiger partial charge in [0.15, 0.2) is 5.82 Å². The maximum absolute atomic E-state index is 9.15. The average Bonchev–Trinajstić information content (AvgIpc) is 2.28. The molecule has 0 aliphatic rings. The fourth-order valence-corrected chi connectivity index (χ4v) is 1.44. The second-order valence-electron chi connectivity index (χ2n) is 4.53. The second-order valence-corrected chi connectivity index (χ2v) is 4.53. The predicted octanol–water partition coefficient (Wildman–Crippen LogP) is 1.42. The smallest absolute Gasteiger partial charge is 0.242 e. The number of aliphatic hydroxyl groups excluding tert-OH is 1. The Hall–Kier alpha value is -1.56. The quantitative estimate of drug-likeness (QED) is 0.637. The summed E-state index contributed by atoms with van der Waals surface area (Å²) in [6.45, 7) is 6.30.